The Bertz CT molecular complexity index is 552. The minimum absolute atomic E-state index is 0.0491. The van der Waals surface area contributed by atoms with Gasteiger partial charge in [-0.15, -0.1) is 0 Å². The predicted molar refractivity (Wildman–Crippen MR) is 81.1 cm³/mol. The van der Waals surface area contributed by atoms with E-state index < -0.39 is 0 Å². The molecule has 3 rings (SSSR count). The summed E-state index contributed by atoms with van der Waals surface area (Å²) in [5.74, 6) is 6.54. The third-order valence-corrected chi connectivity index (χ3v) is 4.16. The van der Waals surface area contributed by atoms with Crippen molar-refractivity contribution in [2.75, 3.05) is 13.2 Å². The van der Waals surface area contributed by atoms with Crippen molar-refractivity contribution in [2.45, 2.75) is 44.7 Å². The van der Waals surface area contributed by atoms with E-state index in [2.05, 4.69) is 16.7 Å². The van der Waals surface area contributed by atoms with Gasteiger partial charge in [-0.05, 0) is 49.3 Å². The Morgan fingerprint density at radius 1 is 1.24 bits per heavy atom. The van der Waals surface area contributed by atoms with E-state index in [0.717, 1.165) is 23.6 Å². The molecular weight excluding hydrogens is 265 g/mol. The molecule has 2 fully saturated rings. The molecule has 2 saturated carbocycles. The second-order valence-electron chi connectivity index (χ2n) is 6.18. The molecule has 0 saturated heterocycles. The lowest BCUT2D eigenvalue weighted by Crippen LogP contribution is -2.28. The molecule has 0 bridgehead atoms. The highest BCUT2D eigenvalue weighted by atomic mass is 19.1. The van der Waals surface area contributed by atoms with Gasteiger partial charge < -0.3 is 5.11 Å². The molecule has 0 aromatic heterocycles. The van der Waals surface area contributed by atoms with Crippen LogP contribution in [-0.2, 0) is 6.54 Å². The lowest BCUT2D eigenvalue weighted by molar-refractivity contribution is 0.244. The van der Waals surface area contributed by atoms with Crippen molar-refractivity contribution in [3.05, 3.63) is 35.1 Å². The van der Waals surface area contributed by atoms with Crippen LogP contribution in [0.25, 0.3) is 0 Å². The highest BCUT2D eigenvalue weighted by Gasteiger charge is 2.33. The first-order chi connectivity index (χ1) is 10.3. The summed E-state index contributed by atoms with van der Waals surface area (Å²) in [7, 11) is 0. The van der Waals surface area contributed by atoms with Crippen LogP contribution in [0, 0.1) is 23.6 Å². The van der Waals surface area contributed by atoms with E-state index in [1.807, 2.05) is 6.07 Å². The average molecular weight is 287 g/mol. The lowest BCUT2D eigenvalue weighted by atomic mass is 10.1. The second kappa shape index (κ2) is 6.60. The summed E-state index contributed by atoms with van der Waals surface area (Å²) in [5, 5.41) is 8.82. The van der Waals surface area contributed by atoms with Gasteiger partial charge in [0.05, 0.1) is 6.61 Å². The van der Waals surface area contributed by atoms with Crippen LogP contribution >= 0.6 is 0 Å². The standard InChI is InChI=1S/C18H22FNO/c19-17-7-6-16(15(11-17)3-1-2-10-21)13-20(18-8-9-18)12-14-4-5-14/h6-7,11,14,18,21H,2,4-5,8-10,12-13H2. The van der Waals surface area contributed by atoms with Gasteiger partial charge in [0, 0.05) is 31.1 Å². The minimum atomic E-state index is -0.243. The van der Waals surface area contributed by atoms with Gasteiger partial charge in [0.25, 0.3) is 0 Å². The predicted octanol–water partition coefficient (Wildman–Crippen LogP) is 2.93. The Morgan fingerprint density at radius 3 is 2.71 bits per heavy atom. The van der Waals surface area contributed by atoms with E-state index in [1.165, 1.54) is 44.4 Å². The average Bonchev–Trinajstić information content (AvgIpc) is 3.34. The maximum absolute atomic E-state index is 13.5. The highest BCUT2D eigenvalue weighted by molar-refractivity contribution is 5.41. The molecule has 112 valence electrons. The summed E-state index contributed by atoms with van der Waals surface area (Å²) in [4.78, 5) is 2.54. The first kappa shape index (κ1) is 14.6. The van der Waals surface area contributed by atoms with Crippen molar-refractivity contribution in [2.24, 2.45) is 5.92 Å². The molecule has 0 unspecified atom stereocenters. The largest absolute Gasteiger partial charge is 0.395 e. The molecule has 0 amide bonds. The quantitative estimate of drug-likeness (QED) is 0.813. The van der Waals surface area contributed by atoms with E-state index >= 15 is 0 Å². The molecule has 0 radical (unpaired) electrons. The van der Waals surface area contributed by atoms with Gasteiger partial charge in [-0.25, -0.2) is 4.39 Å². The first-order valence-electron chi connectivity index (χ1n) is 7.88. The number of benzene rings is 1. The number of rotatable bonds is 6. The van der Waals surface area contributed by atoms with Crippen LogP contribution in [0.15, 0.2) is 18.2 Å². The summed E-state index contributed by atoms with van der Waals surface area (Å²) in [6.45, 7) is 2.09. The molecule has 1 N–H and O–H groups in total. The lowest BCUT2D eigenvalue weighted by Gasteiger charge is -2.22. The molecule has 2 nitrogen and oxygen atoms in total. The molecular formula is C18H22FNO. The Kier molecular flexibility index (Phi) is 4.57. The Morgan fingerprint density at radius 2 is 2.05 bits per heavy atom. The number of aliphatic hydroxyl groups is 1. The number of hydrogen-bond acceptors (Lipinski definition) is 2. The zero-order valence-electron chi connectivity index (χ0n) is 12.3. The van der Waals surface area contributed by atoms with Crippen LogP contribution in [0.2, 0.25) is 0 Å². The summed E-state index contributed by atoms with van der Waals surface area (Å²) < 4.78 is 13.5. The smallest absolute Gasteiger partial charge is 0.124 e. The Labute approximate surface area is 126 Å². The number of aliphatic hydroxyl groups excluding tert-OH is 1. The van der Waals surface area contributed by atoms with Crippen molar-refractivity contribution >= 4 is 0 Å². The molecule has 3 heteroatoms. The van der Waals surface area contributed by atoms with E-state index in [4.69, 9.17) is 5.11 Å². The molecule has 1 aromatic rings. The summed E-state index contributed by atoms with van der Waals surface area (Å²) in [5.41, 5.74) is 1.87. The third kappa shape index (κ3) is 4.30. The van der Waals surface area contributed by atoms with Gasteiger partial charge >= 0.3 is 0 Å². The fourth-order valence-corrected chi connectivity index (χ4v) is 2.65. The maximum atomic E-state index is 13.5. The molecule has 0 heterocycles. The van der Waals surface area contributed by atoms with Gasteiger partial charge in [-0.2, -0.15) is 0 Å². The Hall–Kier alpha value is -1.37. The molecule has 2 aliphatic rings. The summed E-state index contributed by atoms with van der Waals surface area (Å²) in [6.07, 6.45) is 5.73. The maximum Gasteiger partial charge on any atom is 0.124 e. The van der Waals surface area contributed by atoms with Gasteiger partial charge in [0.15, 0.2) is 0 Å². The SMILES string of the molecule is OCCC#Cc1cc(F)ccc1CN(CC1CC1)C1CC1. The first-order valence-corrected chi connectivity index (χ1v) is 7.88. The van der Waals surface area contributed by atoms with Crippen molar-refractivity contribution < 1.29 is 9.50 Å². The zero-order chi connectivity index (χ0) is 14.7. The van der Waals surface area contributed by atoms with E-state index in [1.54, 1.807) is 0 Å². The fourth-order valence-electron chi connectivity index (χ4n) is 2.65. The van der Waals surface area contributed by atoms with Gasteiger partial charge in [0.1, 0.15) is 5.82 Å². The van der Waals surface area contributed by atoms with Gasteiger partial charge in [-0.1, -0.05) is 17.9 Å². The zero-order valence-corrected chi connectivity index (χ0v) is 12.3. The van der Waals surface area contributed by atoms with Crippen molar-refractivity contribution in [1.82, 2.24) is 4.90 Å². The second-order valence-corrected chi connectivity index (χ2v) is 6.18. The highest BCUT2D eigenvalue weighted by Crippen LogP contribution is 2.35. The monoisotopic (exact) mass is 287 g/mol. The van der Waals surface area contributed by atoms with Crippen LogP contribution in [0.1, 0.15) is 43.2 Å². The van der Waals surface area contributed by atoms with Gasteiger partial charge in [-0.3, -0.25) is 4.90 Å². The summed E-state index contributed by atoms with van der Waals surface area (Å²) in [6, 6.07) is 5.62. The fraction of sp³-hybridized carbons (Fsp3) is 0.556. The van der Waals surface area contributed by atoms with E-state index in [9.17, 15) is 4.39 Å². The number of nitrogens with zero attached hydrogens (tertiary/aromatic N) is 1. The Balaban J connectivity index is 1.74. The van der Waals surface area contributed by atoms with Gasteiger partial charge in [0.2, 0.25) is 0 Å². The summed E-state index contributed by atoms with van der Waals surface area (Å²) >= 11 is 0. The molecule has 2 aliphatic carbocycles. The van der Waals surface area contributed by atoms with Crippen molar-refractivity contribution in [3.63, 3.8) is 0 Å². The van der Waals surface area contributed by atoms with E-state index in [0.29, 0.717) is 12.5 Å². The van der Waals surface area contributed by atoms with Crippen molar-refractivity contribution in [3.8, 4) is 11.8 Å². The third-order valence-electron chi connectivity index (χ3n) is 4.16. The van der Waals surface area contributed by atoms with Crippen LogP contribution in [0.3, 0.4) is 0 Å². The van der Waals surface area contributed by atoms with Crippen LogP contribution < -0.4 is 0 Å². The number of hydrogen-bond donors (Lipinski definition) is 1. The molecule has 0 atom stereocenters. The molecule has 21 heavy (non-hydrogen) atoms. The van der Waals surface area contributed by atoms with Crippen LogP contribution in [0.4, 0.5) is 4.39 Å². The molecule has 0 aliphatic heterocycles. The van der Waals surface area contributed by atoms with E-state index in [-0.39, 0.29) is 12.4 Å². The minimum Gasteiger partial charge on any atom is -0.395 e. The number of halogens is 1. The molecule has 0 spiro atoms. The van der Waals surface area contributed by atoms with Crippen molar-refractivity contribution in [1.29, 1.82) is 0 Å². The topological polar surface area (TPSA) is 23.5 Å². The molecule has 1 aromatic carbocycles. The van der Waals surface area contributed by atoms with Crippen LogP contribution in [0.5, 0.6) is 0 Å². The normalized spacial score (nSPS) is 17.7. The van der Waals surface area contributed by atoms with Crippen LogP contribution in [-0.4, -0.2) is 29.2 Å².